The standard InChI is InChI=1S/C10H13Br2NO2S/c1-3-10(2,15)5-13-9(14)7-4-6(11)8(12)16-7/h4,15H,3,5H2,1-2H3,(H,13,14). The van der Waals surface area contributed by atoms with E-state index in [1.807, 2.05) is 6.92 Å². The number of carbonyl (C=O) groups is 1. The maximum absolute atomic E-state index is 11.7. The van der Waals surface area contributed by atoms with E-state index >= 15 is 0 Å². The molecule has 1 amide bonds. The average Bonchev–Trinajstić information content (AvgIpc) is 2.56. The minimum Gasteiger partial charge on any atom is -0.388 e. The zero-order valence-electron chi connectivity index (χ0n) is 9.01. The summed E-state index contributed by atoms with van der Waals surface area (Å²) in [5.74, 6) is -0.162. The second-order valence-electron chi connectivity index (χ2n) is 3.77. The first-order valence-electron chi connectivity index (χ1n) is 4.81. The summed E-state index contributed by atoms with van der Waals surface area (Å²) in [6.45, 7) is 3.84. The fourth-order valence-electron chi connectivity index (χ4n) is 0.941. The summed E-state index contributed by atoms with van der Waals surface area (Å²) in [5, 5.41) is 12.5. The number of rotatable bonds is 4. The van der Waals surface area contributed by atoms with Gasteiger partial charge in [0.15, 0.2) is 0 Å². The molecule has 2 N–H and O–H groups in total. The Balaban J connectivity index is 2.60. The van der Waals surface area contributed by atoms with E-state index in [9.17, 15) is 9.90 Å². The van der Waals surface area contributed by atoms with Crippen LogP contribution in [-0.4, -0.2) is 23.2 Å². The monoisotopic (exact) mass is 369 g/mol. The van der Waals surface area contributed by atoms with Crippen molar-refractivity contribution in [3.8, 4) is 0 Å². The highest BCUT2D eigenvalue weighted by atomic mass is 79.9. The van der Waals surface area contributed by atoms with Crippen LogP contribution in [0.1, 0.15) is 29.9 Å². The molecular formula is C10H13Br2NO2S. The van der Waals surface area contributed by atoms with Crippen molar-refractivity contribution >= 4 is 49.1 Å². The van der Waals surface area contributed by atoms with Gasteiger partial charge in [0.2, 0.25) is 0 Å². The van der Waals surface area contributed by atoms with E-state index in [2.05, 4.69) is 37.2 Å². The highest BCUT2D eigenvalue weighted by Gasteiger charge is 2.19. The molecule has 0 saturated carbocycles. The highest BCUT2D eigenvalue weighted by Crippen LogP contribution is 2.32. The lowest BCUT2D eigenvalue weighted by atomic mass is 10.0. The Morgan fingerprint density at radius 1 is 1.62 bits per heavy atom. The van der Waals surface area contributed by atoms with Crippen molar-refractivity contribution in [1.82, 2.24) is 5.32 Å². The number of hydrogen-bond acceptors (Lipinski definition) is 3. The molecule has 0 fully saturated rings. The minimum atomic E-state index is -0.846. The predicted octanol–water partition coefficient (Wildman–Crippen LogP) is 3.16. The molecule has 6 heteroatoms. The van der Waals surface area contributed by atoms with Crippen molar-refractivity contribution in [1.29, 1.82) is 0 Å². The molecule has 1 atom stereocenters. The van der Waals surface area contributed by atoms with Crippen LogP contribution in [0, 0.1) is 0 Å². The maximum Gasteiger partial charge on any atom is 0.261 e. The third-order valence-electron chi connectivity index (χ3n) is 2.26. The third kappa shape index (κ3) is 3.84. The largest absolute Gasteiger partial charge is 0.388 e. The van der Waals surface area contributed by atoms with Crippen molar-refractivity contribution in [2.75, 3.05) is 6.54 Å². The van der Waals surface area contributed by atoms with Crippen LogP contribution in [0.25, 0.3) is 0 Å². The highest BCUT2D eigenvalue weighted by molar-refractivity contribution is 9.13. The maximum atomic E-state index is 11.7. The molecule has 0 aliphatic carbocycles. The number of amides is 1. The Bertz CT molecular complexity index is 371. The smallest absolute Gasteiger partial charge is 0.261 e. The summed E-state index contributed by atoms with van der Waals surface area (Å²) in [7, 11) is 0. The normalized spacial score (nSPS) is 14.6. The van der Waals surface area contributed by atoms with Gasteiger partial charge in [-0.2, -0.15) is 0 Å². The van der Waals surface area contributed by atoms with Crippen LogP contribution < -0.4 is 5.32 Å². The van der Waals surface area contributed by atoms with Crippen LogP contribution in [-0.2, 0) is 0 Å². The van der Waals surface area contributed by atoms with Gasteiger partial charge in [-0.05, 0) is 51.3 Å². The zero-order chi connectivity index (χ0) is 12.3. The van der Waals surface area contributed by atoms with E-state index < -0.39 is 5.60 Å². The van der Waals surface area contributed by atoms with Crippen molar-refractivity contribution < 1.29 is 9.90 Å². The Morgan fingerprint density at radius 3 is 2.69 bits per heavy atom. The Kier molecular flexibility index (Phi) is 4.97. The number of halogens is 2. The zero-order valence-corrected chi connectivity index (χ0v) is 13.0. The number of thiophene rings is 1. The van der Waals surface area contributed by atoms with Crippen LogP contribution >= 0.6 is 43.2 Å². The molecule has 0 aliphatic heterocycles. The fourth-order valence-corrected chi connectivity index (χ4v) is 2.89. The van der Waals surface area contributed by atoms with Crippen molar-refractivity contribution in [3.05, 3.63) is 19.2 Å². The quantitative estimate of drug-likeness (QED) is 0.855. The van der Waals surface area contributed by atoms with Gasteiger partial charge >= 0.3 is 0 Å². The lowest BCUT2D eigenvalue weighted by Gasteiger charge is -2.21. The van der Waals surface area contributed by atoms with E-state index in [0.29, 0.717) is 11.3 Å². The molecule has 1 unspecified atom stereocenters. The molecule has 0 aliphatic rings. The molecule has 0 aromatic carbocycles. The summed E-state index contributed by atoms with van der Waals surface area (Å²) < 4.78 is 1.75. The van der Waals surface area contributed by atoms with E-state index in [4.69, 9.17) is 0 Å². The number of aliphatic hydroxyl groups is 1. The molecule has 90 valence electrons. The van der Waals surface area contributed by atoms with Gasteiger partial charge in [0, 0.05) is 11.0 Å². The second-order valence-corrected chi connectivity index (χ2v) is 6.99. The summed E-state index contributed by atoms with van der Waals surface area (Å²) in [5.41, 5.74) is -0.846. The molecule has 0 bridgehead atoms. The molecule has 1 aromatic heterocycles. The summed E-state index contributed by atoms with van der Waals surface area (Å²) >= 11 is 8.01. The van der Waals surface area contributed by atoms with Crippen molar-refractivity contribution in [2.24, 2.45) is 0 Å². The van der Waals surface area contributed by atoms with Crippen LogP contribution in [0.2, 0.25) is 0 Å². The summed E-state index contributed by atoms with van der Waals surface area (Å²) in [4.78, 5) is 12.3. The number of hydrogen-bond donors (Lipinski definition) is 2. The Morgan fingerprint density at radius 2 is 2.25 bits per heavy atom. The molecule has 16 heavy (non-hydrogen) atoms. The molecule has 3 nitrogen and oxygen atoms in total. The first kappa shape index (κ1) is 14.2. The van der Waals surface area contributed by atoms with E-state index in [1.54, 1.807) is 13.0 Å². The summed E-state index contributed by atoms with van der Waals surface area (Å²) in [6.07, 6.45) is 0.602. The minimum absolute atomic E-state index is 0.162. The molecule has 0 radical (unpaired) electrons. The van der Waals surface area contributed by atoms with Gasteiger partial charge in [-0.15, -0.1) is 11.3 Å². The lowest BCUT2D eigenvalue weighted by molar-refractivity contribution is 0.0519. The Labute approximate surface area is 116 Å². The second kappa shape index (κ2) is 5.62. The van der Waals surface area contributed by atoms with Crippen LogP contribution in [0.5, 0.6) is 0 Å². The van der Waals surface area contributed by atoms with E-state index in [-0.39, 0.29) is 12.5 Å². The first-order valence-corrected chi connectivity index (χ1v) is 7.21. The first-order chi connectivity index (χ1) is 7.35. The van der Waals surface area contributed by atoms with Crippen LogP contribution in [0.15, 0.2) is 14.3 Å². The number of carbonyl (C=O) groups excluding carboxylic acids is 1. The van der Waals surface area contributed by atoms with Crippen LogP contribution in [0.3, 0.4) is 0 Å². The van der Waals surface area contributed by atoms with Gasteiger partial charge in [0.1, 0.15) is 0 Å². The molecule has 1 rings (SSSR count). The lowest BCUT2D eigenvalue weighted by Crippen LogP contribution is -2.39. The molecule has 0 spiro atoms. The SMILES string of the molecule is CCC(C)(O)CNC(=O)c1cc(Br)c(Br)s1. The molecule has 0 saturated heterocycles. The van der Waals surface area contributed by atoms with Gasteiger partial charge in [0.25, 0.3) is 5.91 Å². The van der Waals surface area contributed by atoms with Gasteiger partial charge in [0.05, 0.1) is 14.3 Å². The van der Waals surface area contributed by atoms with Gasteiger partial charge in [-0.3, -0.25) is 4.79 Å². The van der Waals surface area contributed by atoms with Gasteiger partial charge in [-0.1, -0.05) is 6.92 Å². The Hall–Kier alpha value is 0.0900. The van der Waals surface area contributed by atoms with Crippen molar-refractivity contribution in [2.45, 2.75) is 25.9 Å². The van der Waals surface area contributed by atoms with Crippen LogP contribution in [0.4, 0.5) is 0 Å². The predicted molar refractivity (Wildman–Crippen MR) is 73.0 cm³/mol. The van der Waals surface area contributed by atoms with Crippen molar-refractivity contribution in [3.63, 3.8) is 0 Å². The number of nitrogens with one attached hydrogen (secondary N) is 1. The van der Waals surface area contributed by atoms with Gasteiger partial charge in [-0.25, -0.2) is 0 Å². The average molecular weight is 371 g/mol. The van der Waals surface area contributed by atoms with Gasteiger partial charge < -0.3 is 10.4 Å². The molecule has 1 heterocycles. The topological polar surface area (TPSA) is 49.3 Å². The fraction of sp³-hybridized carbons (Fsp3) is 0.500. The third-order valence-corrected chi connectivity index (χ3v) is 5.52. The molecular weight excluding hydrogens is 358 g/mol. The molecule has 1 aromatic rings. The van der Waals surface area contributed by atoms with E-state index in [0.717, 1.165) is 8.26 Å². The van der Waals surface area contributed by atoms with E-state index in [1.165, 1.54) is 11.3 Å². The summed E-state index contributed by atoms with van der Waals surface area (Å²) in [6, 6.07) is 1.75.